The molecule has 1 rings (SSSR count). The maximum atomic E-state index is 5.79. The lowest BCUT2D eigenvalue weighted by molar-refractivity contribution is 0.212. The summed E-state index contributed by atoms with van der Waals surface area (Å²) in [6.45, 7) is 19.1. The lowest BCUT2D eigenvalue weighted by Crippen LogP contribution is -2.55. The third kappa shape index (κ3) is 7.18. The van der Waals surface area contributed by atoms with Gasteiger partial charge in [-0.1, -0.05) is 64.9 Å². The van der Waals surface area contributed by atoms with Crippen LogP contribution in [0.1, 0.15) is 53.9 Å². The Labute approximate surface area is 165 Å². The van der Waals surface area contributed by atoms with Gasteiger partial charge in [0.25, 0.3) is 0 Å². The summed E-state index contributed by atoms with van der Waals surface area (Å²) in [6, 6.07) is 12.1. The Morgan fingerprint density at radius 3 is 2.00 bits per heavy atom. The molecule has 0 amide bonds. The summed E-state index contributed by atoms with van der Waals surface area (Å²) in [5.74, 6) is 0. The van der Waals surface area contributed by atoms with E-state index in [2.05, 4.69) is 82.6 Å². The van der Waals surface area contributed by atoms with Gasteiger partial charge in [0, 0.05) is 25.4 Å². The summed E-state index contributed by atoms with van der Waals surface area (Å²) in [5, 5.41) is 0.338. The van der Waals surface area contributed by atoms with Crippen molar-refractivity contribution in [1.29, 1.82) is 0 Å². The van der Waals surface area contributed by atoms with E-state index < -0.39 is 17.5 Å². The molecular weight excluding hydrogens is 354 g/mol. The predicted octanol–water partition coefficient (Wildman–Crippen LogP) is 5.96. The molecule has 0 spiro atoms. The molecule has 0 saturated carbocycles. The van der Waals surface area contributed by atoms with E-state index in [9.17, 15) is 0 Å². The zero-order valence-corrected chi connectivity index (χ0v) is 20.3. The fourth-order valence-corrected chi connectivity index (χ4v) is 7.21. The van der Waals surface area contributed by atoms with Crippen molar-refractivity contribution in [1.82, 2.24) is 0 Å². The molecule has 150 valence electrons. The molecule has 0 aliphatic carbocycles. The molecule has 1 aromatic carbocycles. The van der Waals surface area contributed by atoms with Crippen molar-refractivity contribution in [3.05, 3.63) is 30.3 Å². The summed E-state index contributed by atoms with van der Waals surface area (Å²) >= 11 is 0. The monoisotopic (exact) mass is 395 g/mol. The average molecular weight is 396 g/mol. The van der Waals surface area contributed by atoms with Crippen LogP contribution in [0.2, 0.25) is 24.2 Å². The van der Waals surface area contributed by atoms with Crippen LogP contribution in [0.15, 0.2) is 30.3 Å². The first-order valence-corrected chi connectivity index (χ1v) is 15.0. The van der Waals surface area contributed by atoms with Gasteiger partial charge in [-0.05, 0) is 43.5 Å². The van der Waals surface area contributed by atoms with E-state index in [0.29, 0.717) is 5.04 Å². The van der Waals surface area contributed by atoms with Crippen molar-refractivity contribution in [2.45, 2.75) is 78.1 Å². The highest BCUT2D eigenvalue weighted by atomic mass is 28.3. The highest BCUT2D eigenvalue weighted by molar-refractivity contribution is 6.83. The van der Waals surface area contributed by atoms with Gasteiger partial charge in [-0.3, -0.25) is 0 Å². The Bertz CT molecular complexity index is 483. The largest absolute Gasteiger partial charge is 0.397 e. The molecule has 0 heterocycles. The number of hydrogen-bond donors (Lipinski definition) is 0. The standard InChI is InChI=1S/C21H41NO2Si2/c1-8-23-25(24-9-2)19-15-11-14-18-22(20-16-12-10-13-17-20)26(6,7)21(3,4)5/h10,12-13,16-17,25H,8-9,11,14-15,18-19H2,1-7H3. The van der Waals surface area contributed by atoms with Gasteiger partial charge in [-0.25, -0.2) is 0 Å². The molecule has 0 atom stereocenters. The predicted molar refractivity (Wildman–Crippen MR) is 120 cm³/mol. The molecule has 1 aromatic rings. The molecule has 0 unspecified atom stereocenters. The topological polar surface area (TPSA) is 21.7 Å². The van der Waals surface area contributed by atoms with Crippen molar-refractivity contribution in [3.8, 4) is 0 Å². The third-order valence-corrected chi connectivity index (χ3v) is 13.4. The van der Waals surface area contributed by atoms with Crippen LogP contribution in [0, 0.1) is 0 Å². The summed E-state index contributed by atoms with van der Waals surface area (Å²) in [4.78, 5) is 0. The van der Waals surface area contributed by atoms with E-state index in [1.807, 2.05) is 0 Å². The second-order valence-corrected chi connectivity index (χ2v) is 15.7. The second-order valence-electron chi connectivity index (χ2n) is 8.49. The molecule has 0 fully saturated rings. The molecule has 0 aromatic heterocycles. The van der Waals surface area contributed by atoms with Gasteiger partial charge in [-0.2, -0.15) is 0 Å². The number of unbranched alkanes of at least 4 members (excludes halogenated alkanes) is 2. The number of rotatable bonds is 12. The molecule has 0 aliphatic rings. The zero-order chi connectivity index (χ0) is 19.6. The minimum atomic E-state index is -1.59. The van der Waals surface area contributed by atoms with Crippen molar-refractivity contribution >= 4 is 23.2 Å². The lowest BCUT2D eigenvalue weighted by atomic mass is 10.2. The number of benzene rings is 1. The number of hydrogen-bond acceptors (Lipinski definition) is 3. The number of para-hydroxylation sites is 1. The van der Waals surface area contributed by atoms with Crippen molar-refractivity contribution in [3.63, 3.8) is 0 Å². The smallest absolute Gasteiger partial charge is 0.321 e. The zero-order valence-electron chi connectivity index (χ0n) is 18.2. The molecule has 5 heteroatoms. The second kappa shape index (κ2) is 11.3. The van der Waals surface area contributed by atoms with Gasteiger partial charge in [-0.15, -0.1) is 0 Å². The van der Waals surface area contributed by atoms with E-state index in [0.717, 1.165) is 25.8 Å². The Kier molecular flexibility index (Phi) is 10.1. The van der Waals surface area contributed by atoms with E-state index in [4.69, 9.17) is 8.85 Å². The SMILES string of the molecule is CCO[SiH](CCCCCN(c1ccccc1)[Si](C)(C)C(C)(C)C)OCC. The summed E-state index contributed by atoms with van der Waals surface area (Å²) < 4.78 is 14.3. The lowest BCUT2D eigenvalue weighted by Gasteiger charge is -2.47. The van der Waals surface area contributed by atoms with E-state index in [1.54, 1.807) is 0 Å². The average Bonchev–Trinajstić information content (AvgIpc) is 2.58. The minimum Gasteiger partial charge on any atom is -0.397 e. The van der Waals surface area contributed by atoms with Crippen LogP contribution in [-0.2, 0) is 8.85 Å². The maximum absolute atomic E-state index is 5.79. The fraction of sp³-hybridized carbons (Fsp3) is 0.714. The first-order valence-electron chi connectivity index (χ1n) is 10.3. The van der Waals surface area contributed by atoms with Gasteiger partial charge in [0.2, 0.25) is 0 Å². The molecule has 0 bridgehead atoms. The van der Waals surface area contributed by atoms with Crippen LogP contribution < -0.4 is 4.57 Å². The van der Waals surface area contributed by atoms with Crippen LogP contribution in [0.5, 0.6) is 0 Å². The summed E-state index contributed by atoms with van der Waals surface area (Å²) in [5.41, 5.74) is 1.38. The Morgan fingerprint density at radius 1 is 0.923 bits per heavy atom. The molecule has 0 aliphatic heterocycles. The normalized spacial score (nSPS) is 12.6. The first kappa shape index (κ1) is 23.4. The molecule has 3 nitrogen and oxygen atoms in total. The number of anilines is 1. The van der Waals surface area contributed by atoms with Crippen LogP contribution >= 0.6 is 0 Å². The first-order chi connectivity index (χ1) is 12.2. The highest BCUT2D eigenvalue weighted by Gasteiger charge is 2.41. The van der Waals surface area contributed by atoms with Gasteiger partial charge < -0.3 is 13.4 Å². The van der Waals surface area contributed by atoms with Crippen LogP contribution in [0.4, 0.5) is 5.69 Å². The highest BCUT2D eigenvalue weighted by Crippen LogP contribution is 2.40. The van der Waals surface area contributed by atoms with Crippen molar-refractivity contribution < 1.29 is 8.85 Å². The summed E-state index contributed by atoms with van der Waals surface area (Å²) in [6.07, 6.45) is 3.71. The molecule has 0 N–H and O–H groups in total. The fourth-order valence-electron chi connectivity index (χ4n) is 3.09. The van der Waals surface area contributed by atoms with Gasteiger partial charge in [0.15, 0.2) is 8.24 Å². The van der Waals surface area contributed by atoms with Crippen molar-refractivity contribution in [2.75, 3.05) is 24.3 Å². The van der Waals surface area contributed by atoms with E-state index in [-0.39, 0.29) is 0 Å². The van der Waals surface area contributed by atoms with E-state index in [1.165, 1.54) is 24.9 Å². The minimum absolute atomic E-state index is 0.338. The third-order valence-electron chi connectivity index (χ3n) is 5.60. The van der Waals surface area contributed by atoms with Gasteiger partial charge in [0.1, 0.15) is 0 Å². The van der Waals surface area contributed by atoms with Gasteiger partial charge >= 0.3 is 9.28 Å². The van der Waals surface area contributed by atoms with Crippen LogP contribution in [-0.4, -0.2) is 37.3 Å². The molecule has 26 heavy (non-hydrogen) atoms. The van der Waals surface area contributed by atoms with Gasteiger partial charge in [0.05, 0.1) is 0 Å². The Hall–Kier alpha value is -0.626. The quantitative estimate of drug-likeness (QED) is 0.322. The Morgan fingerprint density at radius 2 is 1.50 bits per heavy atom. The maximum Gasteiger partial charge on any atom is 0.321 e. The molecule has 0 radical (unpaired) electrons. The van der Waals surface area contributed by atoms with Crippen LogP contribution in [0.3, 0.4) is 0 Å². The molecular formula is C21H41NO2Si2. The Balaban J connectivity index is 2.63. The molecule has 0 saturated heterocycles. The van der Waals surface area contributed by atoms with Crippen LogP contribution in [0.25, 0.3) is 0 Å². The summed E-state index contributed by atoms with van der Waals surface area (Å²) in [7, 11) is -3.02. The van der Waals surface area contributed by atoms with Crippen molar-refractivity contribution in [2.24, 2.45) is 0 Å². The van der Waals surface area contributed by atoms with E-state index >= 15 is 0 Å². The number of nitrogens with zero attached hydrogens (tertiary/aromatic N) is 1.